The van der Waals surface area contributed by atoms with Gasteiger partial charge in [0.15, 0.2) is 5.13 Å². The van der Waals surface area contributed by atoms with Gasteiger partial charge < -0.3 is 10.2 Å². The Balaban J connectivity index is 2.53. The highest BCUT2D eigenvalue weighted by Gasteiger charge is 2.12. The van der Waals surface area contributed by atoms with Crippen LogP contribution in [0.5, 0.6) is 0 Å². The SMILES string of the molecule is CCCNCc1cnc(N(CC)CC(C)CC)s1. The molecule has 0 bridgehead atoms. The lowest BCUT2D eigenvalue weighted by molar-refractivity contribution is 0.547. The van der Waals surface area contributed by atoms with Gasteiger partial charge in [-0.2, -0.15) is 0 Å². The van der Waals surface area contributed by atoms with E-state index < -0.39 is 0 Å². The Morgan fingerprint density at radius 1 is 1.39 bits per heavy atom. The van der Waals surface area contributed by atoms with Crippen molar-refractivity contribution < 1.29 is 0 Å². The van der Waals surface area contributed by atoms with E-state index in [4.69, 9.17) is 0 Å². The van der Waals surface area contributed by atoms with Crippen molar-refractivity contribution in [1.29, 1.82) is 0 Å². The first kappa shape index (κ1) is 15.4. The molecule has 0 amide bonds. The van der Waals surface area contributed by atoms with Gasteiger partial charge in [0.05, 0.1) is 0 Å². The molecule has 0 aliphatic heterocycles. The molecule has 0 fully saturated rings. The lowest BCUT2D eigenvalue weighted by Crippen LogP contribution is -2.27. The predicted molar refractivity (Wildman–Crippen MR) is 81.5 cm³/mol. The van der Waals surface area contributed by atoms with Gasteiger partial charge in [0, 0.05) is 30.7 Å². The van der Waals surface area contributed by atoms with Crippen molar-refractivity contribution >= 4 is 16.5 Å². The maximum atomic E-state index is 4.56. The Bertz CT molecular complexity index is 325. The van der Waals surface area contributed by atoms with E-state index in [1.54, 1.807) is 0 Å². The van der Waals surface area contributed by atoms with E-state index in [0.29, 0.717) is 0 Å². The van der Waals surface area contributed by atoms with Gasteiger partial charge >= 0.3 is 0 Å². The van der Waals surface area contributed by atoms with E-state index in [-0.39, 0.29) is 0 Å². The third-order valence-corrected chi connectivity index (χ3v) is 4.21. The molecule has 0 radical (unpaired) electrons. The highest BCUT2D eigenvalue weighted by Crippen LogP contribution is 2.23. The van der Waals surface area contributed by atoms with Gasteiger partial charge in [-0.05, 0) is 25.8 Å². The summed E-state index contributed by atoms with van der Waals surface area (Å²) >= 11 is 1.82. The summed E-state index contributed by atoms with van der Waals surface area (Å²) in [4.78, 5) is 8.28. The molecule has 1 aromatic heterocycles. The minimum absolute atomic E-state index is 0.732. The zero-order chi connectivity index (χ0) is 13.4. The minimum atomic E-state index is 0.732. The number of rotatable bonds is 9. The molecule has 0 saturated carbocycles. The standard InChI is InChI=1S/C14H27N3S/c1-5-8-15-9-13-10-16-14(18-13)17(7-3)11-12(4)6-2/h10,12,15H,5-9,11H2,1-4H3. The van der Waals surface area contributed by atoms with Crippen molar-refractivity contribution in [3.8, 4) is 0 Å². The van der Waals surface area contributed by atoms with Crippen molar-refractivity contribution in [2.75, 3.05) is 24.5 Å². The smallest absolute Gasteiger partial charge is 0.185 e. The highest BCUT2D eigenvalue weighted by atomic mass is 32.1. The molecule has 0 spiro atoms. The zero-order valence-corrected chi connectivity index (χ0v) is 13.0. The van der Waals surface area contributed by atoms with Crippen LogP contribution in [-0.4, -0.2) is 24.6 Å². The largest absolute Gasteiger partial charge is 0.348 e. The van der Waals surface area contributed by atoms with Gasteiger partial charge in [-0.25, -0.2) is 4.98 Å². The molecule has 1 aromatic rings. The second kappa shape index (κ2) is 8.48. The van der Waals surface area contributed by atoms with E-state index in [1.165, 1.54) is 22.9 Å². The van der Waals surface area contributed by atoms with Gasteiger partial charge in [-0.1, -0.05) is 27.2 Å². The molecular weight excluding hydrogens is 242 g/mol. The Morgan fingerprint density at radius 3 is 2.78 bits per heavy atom. The van der Waals surface area contributed by atoms with E-state index in [2.05, 4.69) is 42.9 Å². The molecule has 1 heterocycles. The van der Waals surface area contributed by atoms with Crippen molar-refractivity contribution in [3.63, 3.8) is 0 Å². The highest BCUT2D eigenvalue weighted by molar-refractivity contribution is 7.15. The van der Waals surface area contributed by atoms with Gasteiger partial charge in [0.25, 0.3) is 0 Å². The van der Waals surface area contributed by atoms with Crippen molar-refractivity contribution in [2.24, 2.45) is 5.92 Å². The summed E-state index contributed by atoms with van der Waals surface area (Å²) in [5, 5.41) is 4.60. The molecule has 1 rings (SSSR count). The molecule has 3 nitrogen and oxygen atoms in total. The maximum absolute atomic E-state index is 4.56. The predicted octanol–water partition coefficient (Wildman–Crippen LogP) is 3.52. The summed E-state index contributed by atoms with van der Waals surface area (Å²) in [5.41, 5.74) is 0. The van der Waals surface area contributed by atoms with Crippen LogP contribution < -0.4 is 10.2 Å². The fraction of sp³-hybridized carbons (Fsp3) is 0.786. The Hall–Kier alpha value is -0.610. The van der Waals surface area contributed by atoms with Crippen molar-refractivity contribution in [3.05, 3.63) is 11.1 Å². The molecule has 0 aliphatic carbocycles. The molecule has 104 valence electrons. The third kappa shape index (κ3) is 4.94. The third-order valence-electron chi connectivity index (χ3n) is 3.15. The summed E-state index contributed by atoms with van der Waals surface area (Å²) in [7, 11) is 0. The molecule has 0 aromatic carbocycles. The van der Waals surface area contributed by atoms with Gasteiger partial charge in [-0.3, -0.25) is 0 Å². The van der Waals surface area contributed by atoms with Crippen LogP contribution in [0.25, 0.3) is 0 Å². The number of aromatic nitrogens is 1. The number of nitrogens with zero attached hydrogens (tertiary/aromatic N) is 2. The van der Waals surface area contributed by atoms with Crippen LogP contribution in [0.1, 0.15) is 45.4 Å². The first-order chi connectivity index (χ1) is 8.71. The number of thiazole rings is 1. The van der Waals surface area contributed by atoms with Crippen molar-refractivity contribution in [2.45, 2.75) is 47.1 Å². The maximum Gasteiger partial charge on any atom is 0.185 e. The van der Waals surface area contributed by atoms with Crippen LogP contribution in [0, 0.1) is 5.92 Å². The molecule has 18 heavy (non-hydrogen) atoms. The minimum Gasteiger partial charge on any atom is -0.348 e. The number of hydrogen-bond acceptors (Lipinski definition) is 4. The normalized spacial score (nSPS) is 12.7. The number of hydrogen-bond donors (Lipinski definition) is 1. The van der Waals surface area contributed by atoms with Crippen LogP contribution in [0.15, 0.2) is 6.20 Å². The summed E-state index contributed by atoms with van der Waals surface area (Å²) in [6.45, 7) is 13.1. The Labute approximate surface area is 116 Å². The van der Waals surface area contributed by atoms with Crippen LogP contribution in [-0.2, 0) is 6.54 Å². The summed E-state index contributed by atoms with van der Waals surface area (Å²) in [5.74, 6) is 0.732. The number of anilines is 1. The second-order valence-electron chi connectivity index (χ2n) is 4.84. The average molecular weight is 269 g/mol. The van der Waals surface area contributed by atoms with Gasteiger partial charge in [-0.15, -0.1) is 11.3 Å². The second-order valence-corrected chi connectivity index (χ2v) is 5.93. The van der Waals surface area contributed by atoms with E-state index in [0.717, 1.165) is 32.1 Å². The fourth-order valence-electron chi connectivity index (χ4n) is 1.76. The van der Waals surface area contributed by atoms with Crippen LogP contribution >= 0.6 is 11.3 Å². The van der Waals surface area contributed by atoms with Crippen LogP contribution in [0.4, 0.5) is 5.13 Å². The van der Waals surface area contributed by atoms with Gasteiger partial charge in [0.2, 0.25) is 0 Å². The molecule has 1 N–H and O–H groups in total. The first-order valence-corrected chi connectivity index (χ1v) is 7.93. The molecule has 1 atom stereocenters. The quantitative estimate of drug-likeness (QED) is 0.695. The Morgan fingerprint density at radius 2 is 2.17 bits per heavy atom. The van der Waals surface area contributed by atoms with E-state index >= 15 is 0 Å². The molecule has 0 aliphatic rings. The first-order valence-electron chi connectivity index (χ1n) is 7.11. The lowest BCUT2D eigenvalue weighted by atomic mass is 10.1. The summed E-state index contributed by atoms with van der Waals surface area (Å²) < 4.78 is 0. The van der Waals surface area contributed by atoms with Crippen LogP contribution in [0.2, 0.25) is 0 Å². The van der Waals surface area contributed by atoms with E-state index in [9.17, 15) is 0 Å². The van der Waals surface area contributed by atoms with Crippen molar-refractivity contribution in [1.82, 2.24) is 10.3 Å². The molecule has 4 heteroatoms. The average Bonchev–Trinajstić information content (AvgIpc) is 2.84. The topological polar surface area (TPSA) is 28.2 Å². The zero-order valence-electron chi connectivity index (χ0n) is 12.2. The summed E-state index contributed by atoms with van der Waals surface area (Å²) in [6, 6.07) is 0. The van der Waals surface area contributed by atoms with E-state index in [1.807, 2.05) is 17.5 Å². The summed E-state index contributed by atoms with van der Waals surface area (Å²) in [6.07, 6.45) is 4.43. The molecular formula is C14H27N3S. The Kier molecular flexibility index (Phi) is 7.28. The monoisotopic (exact) mass is 269 g/mol. The van der Waals surface area contributed by atoms with Gasteiger partial charge in [0.1, 0.15) is 0 Å². The fourth-order valence-corrected chi connectivity index (χ4v) is 2.71. The lowest BCUT2D eigenvalue weighted by Gasteiger charge is -2.23. The molecule has 0 saturated heterocycles. The molecule has 1 unspecified atom stereocenters. The van der Waals surface area contributed by atoms with Crippen LogP contribution in [0.3, 0.4) is 0 Å². The number of nitrogens with one attached hydrogen (secondary N) is 1.